The van der Waals surface area contributed by atoms with Crippen LogP contribution < -0.4 is 9.64 Å². The molecule has 186 valence electrons. The normalized spacial score (nSPS) is 21.1. The van der Waals surface area contributed by atoms with Gasteiger partial charge in [0.1, 0.15) is 12.3 Å². The number of halogens is 3. The number of carbonyl (C=O) groups is 4. The third-order valence-corrected chi connectivity index (χ3v) is 6.68. The van der Waals surface area contributed by atoms with E-state index in [0.717, 1.165) is 51.1 Å². The Hall–Kier alpha value is -4.15. The van der Waals surface area contributed by atoms with Crippen molar-refractivity contribution in [2.75, 3.05) is 18.0 Å². The molecule has 1 N–H and O–H groups in total. The first kappa shape index (κ1) is 23.6. The largest absolute Gasteiger partial charge is 0.573 e. The van der Waals surface area contributed by atoms with Gasteiger partial charge in [-0.1, -0.05) is 30.3 Å². The molecule has 0 bridgehead atoms. The molecular weight excluding hydrogens is 481 g/mol. The second kappa shape index (κ2) is 8.21. The topological polar surface area (TPSA) is 104 Å². The number of aliphatic carboxylic acids is 1. The number of imide groups is 1. The SMILES string of the molecule is O=C(O)CN1C(=O)C2(CC(=O)N(CC3=CCCc4ccccc43)C2=O)c2cc(OC(F)(F)F)ccc21. The first-order valence-corrected chi connectivity index (χ1v) is 11.1. The van der Waals surface area contributed by atoms with E-state index in [-0.39, 0.29) is 17.8 Å². The van der Waals surface area contributed by atoms with Crippen LogP contribution in [-0.4, -0.2) is 53.1 Å². The molecule has 1 spiro atoms. The van der Waals surface area contributed by atoms with Gasteiger partial charge in [-0.3, -0.25) is 29.0 Å². The molecule has 2 heterocycles. The zero-order chi connectivity index (χ0) is 25.8. The van der Waals surface area contributed by atoms with Crippen molar-refractivity contribution in [3.8, 4) is 5.75 Å². The molecule has 0 saturated carbocycles. The Balaban J connectivity index is 1.56. The van der Waals surface area contributed by atoms with Crippen molar-refractivity contribution in [1.29, 1.82) is 0 Å². The summed E-state index contributed by atoms with van der Waals surface area (Å²) in [6, 6.07) is 10.4. The summed E-state index contributed by atoms with van der Waals surface area (Å²) in [4.78, 5) is 53.5. The second-order valence-electron chi connectivity index (χ2n) is 8.80. The highest BCUT2D eigenvalue weighted by Crippen LogP contribution is 2.50. The minimum Gasteiger partial charge on any atom is -0.480 e. The van der Waals surface area contributed by atoms with Crippen LogP contribution in [0.25, 0.3) is 5.57 Å². The van der Waals surface area contributed by atoms with Gasteiger partial charge in [-0.05, 0) is 47.7 Å². The Bertz CT molecular complexity index is 1350. The van der Waals surface area contributed by atoms with Crippen LogP contribution in [0.15, 0.2) is 48.5 Å². The number of nitrogens with zero attached hydrogens (tertiary/aromatic N) is 2. The molecule has 0 aromatic heterocycles. The number of carboxylic acids is 1. The Morgan fingerprint density at radius 2 is 1.78 bits per heavy atom. The van der Waals surface area contributed by atoms with E-state index in [2.05, 4.69) is 4.74 Å². The molecule has 1 fully saturated rings. The number of likely N-dealkylation sites (tertiary alicyclic amines) is 1. The molecule has 36 heavy (non-hydrogen) atoms. The number of aryl methyl sites for hydroxylation is 1. The van der Waals surface area contributed by atoms with Crippen LogP contribution >= 0.6 is 0 Å². The predicted octanol–water partition coefficient (Wildman–Crippen LogP) is 3.04. The second-order valence-corrected chi connectivity index (χ2v) is 8.80. The Morgan fingerprint density at radius 1 is 1.06 bits per heavy atom. The highest BCUT2D eigenvalue weighted by atomic mass is 19.4. The predicted molar refractivity (Wildman–Crippen MR) is 119 cm³/mol. The van der Waals surface area contributed by atoms with Gasteiger partial charge in [-0.2, -0.15) is 0 Å². The van der Waals surface area contributed by atoms with Crippen LogP contribution in [0.4, 0.5) is 18.9 Å². The molecule has 3 aliphatic rings. The van der Waals surface area contributed by atoms with Gasteiger partial charge in [0.05, 0.1) is 13.0 Å². The van der Waals surface area contributed by atoms with E-state index in [1.54, 1.807) is 0 Å². The van der Waals surface area contributed by atoms with E-state index in [1.165, 1.54) is 0 Å². The molecule has 1 unspecified atom stereocenters. The fourth-order valence-corrected chi connectivity index (χ4v) is 5.20. The van der Waals surface area contributed by atoms with Crippen molar-refractivity contribution < 1.29 is 42.2 Å². The standard InChI is InChI=1S/C25H19F3N2O6/c26-25(27,28)36-16-8-9-19-18(10-16)24(22(34)29(19)13-21(32)33)11-20(31)30(23(24)35)12-15-6-3-5-14-4-1-2-7-17(14)15/h1-2,4,6-10H,3,5,11-13H2,(H,32,33). The van der Waals surface area contributed by atoms with Gasteiger partial charge in [0.15, 0.2) is 5.41 Å². The molecule has 11 heteroatoms. The van der Waals surface area contributed by atoms with Crippen LogP contribution in [0.2, 0.25) is 0 Å². The number of hydrogen-bond donors (Lipinski definition) is 1. The monoisotopic (exact) mass is 500 g/mol. The molecule has 1 aliphatic carbocycles. The van der Waals surface area contributed by atoms with Gasteiger partial charge < -0.3 is 9.84 Å². The van der Waals surface area contributed by atoms with Gasteiger partial charge in [-0.15, -0.1) is 13.2 Å². The molecule has 2 aromatic rings. The van der Waals surface area contributed by atoms with Gasteiger partial charge in [0, 0.05) is 11.3 Å². The molecule has 5 rings (SSSR count). The number of carbonyl (C=O) groups excluding carboxylic acids is 3. The van der Waals surface area contributed by atoms with Crippen LogP contribution in [0.3, 0.4) is 0 Å². The molecule has 1 atom stereocenters. The minimum absolute atomic E-state index is 0.0536. The summed E-state index contributed by atoms with van der Waals surface area (Å²) in [5, 5.41) is 9.30. The average Bonchev–Trinajstić information content (AvgIpc) is 3.19. The smallest absolute Gasteiger partial charge is 0.480 e. The van der Waals surface area contributed by atoms with Gasteiger partial charge in [0.2, 0.25) is 17.7 Å². The summed E-state index contributed by atoms with van der Waals surface area (Å²) in [7, 11) is 0. The fraction of sp³-hybridized carbons (Fsp3) is 0.280. The number of amides is 3. The average molecular weight is 500 g/mol. The van der Waals surface area contributed by atoms with E-state index in [0.29, 0.717) is 6.42 Å². The molecule has 2 aromatic carbocycles. The lowest BCUT2D eigenvalue weighted by Gasteiger charge is -2.24. The van der Waals surface area contributed by atoms with Crippen molar-refractivity contribution in [3.63, 3.8) is 0 Å². The summed E-state index contributed by atoms with van der Waals surface area (Å²) < 4.78 is 42.5. The van der Waals surface area contributed by atoms with Crippen molar-refractivity contribution in [1.82, 2.24) is 4.90 Å². The maximum Gasteiger partial charge on any atom is 0.573 e. The Morgan fingerprint density at radius 3 is 2.50 bits per heavy atom. The zero-order valence-corrected chi connectivity index (χ0v) is 18.7. The molecular formula is C25H19F3N2O6. The number of anilines is 1. The number of carboxylic acid groups (broad SMARTS) is 1. The fourth-order valence-electron chi connectivity index (χ4n) is 5.20. The van der Waals surface area contributed by atoms with Crippen LogP contribution in [-0.2, 0) is 31.0 Å². The summed E-state index contributed by atoms with van der Waals surface area (Å²) in [6.45, 7) is -0.941. The van der Waals surface area contributed by atoms with E-state index in [9.17, 15) is 37.5 Å². The van der Waals surface area contributed by atoms with E-state index in [1.807, 2.05) is 30.3 Å². The number of fused-ring (bicyclic) bond motifs is 3. The van der Waals surface area contributed by atoms with Crippen molar-refractivity contribution in [2.24, 2.45) is 0 Å². The number of ether oxygens (including phenoxy) is 1. The molecule has 3 amide bonds. The van der Waals surface area contributed by atoms with Gasteiger partial charge in [0.25, 0.3) is 0 Å². The summed E-state index contributed by atoms with van der Waals surface area (Å²) in [5.74, 6) is -4.63. The van der Waals surface area contributed by atoms with Crippen LogP contribution in [0.5, 0.6) is 5.75 Å². The van der Waals surface area contributed by atoms with E-state index >= 15 is 0 Å². The minimum atomic E-state index is -5.03. The van der Waals surface area contributed by atoms with Crippen molar-refractivity contribution in [2.45, 2.75) is 31.0 Å². The third kappa shape index (κ3) is 3.71. The highest BCUT2D eigenvalue weighted by Gasteiger charge is 2.64. The van der Waals surface area contributed by atoms with Crippen molar-refractivity contribution in [3.05, 3.63) is 65.2 Å². The molecule has 0 radical (unpaired) electrons. The maximum absolute atomic E-state index is 13.7. The molecule has 2 aliphatic heterocycles. The number of allylic oxidation sites excluding steroid dienone is 1. The van der Waals surface area contributed by atoms with Gasteiger partial charge >= 0.3 is 12.3 Å². The Kier molecular flexibility index (Phi) is 5.38. The van der Waals surface area contributed by atoms with Crippen molar-refractivity contribution >= 4 is 35.0 Å². The lowest BCUT2D eigenvalue weighted by atomic mass is 9.80. The first-order valence-electron chi connectivity index (χ1n) is 11.1. The van der Waals surface area contributed by atoms with Crippen LogP contribution in [0, 0.1) is 0 Å². The first-order chi connectivity index (χ1) is 17.0. The third-order valence-electron chi connectivity index (χ3n) is 6.68. The molecule has 8 nitrogen and oxygen atoms in total. The number of alkyl halides is 3. The maximum atomic E-state index is 13.7. The lowest BCUT2D eigenvalue weighted by Crippen LogP contribution is -2.47. The number of rotatable bonds is 5. The number of benzene rings is 2. The Labute approximate surface area is 202 Å². The highest BCUT2D eigenvalue weighted by molar-refractivity contribution is 6.29. The van der Waals surface area contributed by atoms with E-state index in [4.69, 9.17) is 0 Å². The summed E-state index contributed by atoms with van der Waals surface area (Å²) >= 11 is 0. The number of hydrogen-bond acceptors (Lipinski definition) is 5. The van der Waals surface area contributed by atoms with Crippen LogP contribution in [0.1, 0.15) is 29.5 Å². The zero-order valence-electron chi connectivity index (χ0n) is 18.7. The lowest BCUT2D eigenvalue weighted by molar-refractivity contribution is -0.274. The van der Waals surface area contributed by atoms with E-state index < -0.39 is 54.2 Å². The summed E-state index contributed by atoms with van der Waals surface area (Å²) in [6.07, 6.45) is -2.26. The van der Waals surface area contributed by atoms with Gasteiger partial charge in [-0.25, -0.2) is 0 Å². The molecule has 1 saturated heterocycles. The summed E-state index contributed by atoms with van der Waals surface area (Å²) in [5.41, 5.74) is 0.237. The quantitative estimate of drug-likeness (QED) is 0.500.